The Morgan fingerprint density at radius 1 is 1.23 bits per heavy atom. The lowest BCUT2D eigenvalue weighted by Crippen LogP contribution is -2.44. The van der Waals surface area contributed by atoms with E-state index in [-0.39, 0.29) is 15.6 Å². The van der Waals surface area contributed by atoms with E-state index in [1.165, 1.54) is 36.0 Å². The van der Waals surface area contributed by atoms with Crippen molar-refractivity contribution in [2.45, 2.75) is 17.4 Å². The quantitative estimate of drug-likeness (QED) is 0.690. The van der Waals surface area contributed by atoms with Crippen LogP contribution in [0.3, 0.4) is 0 Å². The van der Waals surface area contributed by atoms with Crippen LogP contribution in [0.4, 0.5) is 10.1 Å². The van der Waals surface area contributed by atoms with Gasteiger partial charge in [-0.1, -0.05) is 29.8 Å². The molecule has 2 N–H and O–H groups in total. The number of thioether (sulfide) groups is 1. The normalized spacial score (nSPS) is 12.6. The Morgan fingerprint density at radius 3 is 2.54 bits per heavy atom. The van der Waals surface area contributed by atoms with Gasteiger partial charge in [-0.3, -0.25) is 4.79 Å². The second-order valence-corrected chi connectivity index (χ2v) is 8.49. The van der Waals surface area contributed by atoms with Gasteiger partial charge in [0.15, 0.2) is 0 Å². The smallest absolute Gasteiger partial charge is 0.242 e. The maximum Gasteiger partial charge on any atom is 0.242 e. The molecule has 2 aromatic carbocycles. The number of hydrogen-bond donors (Lipinski definition) is 2. The topological polar surface area (TPSA) is 75.3 Å². The third-order valence-electron chi connectivity index (χ3n) is 3.47. The average molecular weight is 417 g/mol. The SMILES string of the molecule is CSCCC(NS(=O)(=O)c1ccccc1)C(=O)Nc1ccc(F)c(Cl)c1. The number of hydrogen-bond acceptors (Lipinski definition) is 4. The number of rotatable bonds is 8. The molecule has 1 atom stereocenters. The summed E-state index contributed by atoms with van der Waals surface area (Å²) in [7, 11) is -3.85. The van der Waals surface area contributed by atoms with Crippen molar-refractivity contribution >= 4 is 45.0 Å². The van der Waals surface area contributed by atoms with Crippen molar-refractivity contribution in [2.75, 3.05) is 17.3 Å². The molecule has 0 fully saturated rings. The molecule has 0 aromatic heterocycles. The highest BCUT2D eigenvalue weighted by molar-refractivity contribution is 7.98. The first-order valence-electron chi connectivity index (χ1n) is 7.65. The first-order valence-corrected chi connectivity index (χ1v) is 10.9. The van der Waals surface area contributed by atoms with Crippen molar-refractivity contribution in [3.05, 3.63) is 59.4 Å². The summed E-state index contributed by atoms with van der Waals surface area (Å²) < 4.78 is 40.6. The van der Waals surface area contributed by atoms with Crippen molar-refractivity contribution in [3.63, 3.8) is 0 Å². The number of benzene rings is 2. The zero-order valence-electron chi connectivity index (χ0n) is 13.9. The predicted octanol–water partition coefficient (Wildman–Crippen LogP) is 3.52. The minimum absolute atomic E-state index is 0.0757. The third-order valence-corrected chi connectivity index (χ3v) is 5.89. The minimum Gasteiger partial charge on any atom is -0.325 e. The lowest BCUT2D eigenvalue weighted by Gasteiger charge is -2.18. The summed E-state index contributed by atoms with van der Waals surface area (Å²) in [5.74, 6) is -0.561. The number of sulfonamides is 1. The molecular formula is C17H18ClFN2O3S2. The van der Waals surface area contributed by atoms with Crippen LogP contribution in [0.5, 0.6) is 0 Å². The van der Waals surface area contributed by atoms with Crippen LogP contribution in [-0.4, -0.2) is 32.4 Å². The van der Waals surface area contributed by atoms with E-state index in [1.807, 2.05) is 6.26 Å². The van der Waals surface area contributed by atoms with Crippen LogP contribution in [0.15, 0.2) is 53.4 Å². The van der Waals surface area contributed by atoms with E-state index in [1.54, 1.807) is 18.2 Å². The number of carbonyl (C=O) groups excluding carboxylic acids is 1. The Balaban J connectivity index is 2.17. The standard InChI is InChI=1S/C17H18ClFN2O3S2/c1-25-10-9-16(21-26(23,24)13-5-3-2-4-6-13)17(22)20-12-7-8-15(19)14(18)11-12/h2-8,11,16,21H,9-10H2,1H3,(H,20,22). The fraction of sp³-hybridized carbons (Fsp3) is 0.235. The first kappa shape index (κ1) is 20.7. The van der Waals surface area contributed by atoms with E-state index >= 15 is 0 Å². The van der Waals surface area contributed by atoms with E-state index < -0.39 is 27.8 Å². The lowest BCUT2D eigenvalue weighted by atomic mass is 10.2. The highest BCUT2D eigenvalue weighted by Crippen LogP contribution is 2.20. The number of halogens is 2. The van der Waals surface area contributed by atoms with Gasteiger partial charge in [0.25, 0.3) is 0 Å². The van der Waals surface area contributed by atoms with Gasteiger partial charge >= 0.3 is 0 Å². The Labute approximate surface area is 161 Å². The van der Waals surface area contributed by atoms with Crippen LogP contribution in [0.2, 0.25) is 5.02 Å². The van der Waals surface area contributed by atoms with Crippen LogP contribution in [-0.2, 0) is 14.8 Å². The monoisotopic (exact) mass is 416 g/mol. The van der Waals surface area contributed by atoms with E-state index in [2.05, 4.69) is 10.0 Å². The van der Waals surface area contributed by atoms with Gasteiger partial charge in [0, 0.05) is 5.69 Å². The van der Waals surface area contributed by atoms with Gasteiger partial charge < -0.3 is 5.32 Å². The van der Waals surface area contributed by atoms with Gasteiger partial charge in [-0.05, 0) is 48.8 Å². The Morgan fingerprint density at radius 2 is 1.92 bits per heavy atom. The van der Waals surface area contributed by atoms with Crippen LogP contribution in [0.25, 0.3) is 0 Å². The van der Waals surface area contributed by atoms with Crippen LogP contribution in [0, 0.1) is 5.82 Å². The van der Waals surface area contributed by atoms with Crippen molar-refractivity contribution in [1.29, 1.82) is 0 Å². The maximum atomic E-state index is 13.2. The van der Waals surface area contributed by atoms with Gasteiger partial charge in [0.05, 0.1) is 9.92 Å². The van der Waals surface area contributed by atoms with Gasteiger partial charge in [-0.25, -0.2) is 12.8 Å². The second-order valence-electron chi connectivity index (χ2n) is 5.39. The molecular weight excluding hydrogens is 399 g/mol. The highest BCUT2D eigenvalue weighted by Gasteiger charge is 2.25. The fourth-order valence-electron chi connectivity index (χ4n) is 2.14. The zero-order chi connectivity index (χ0) is 19.2. The van der Waals surface area contributed by atoms with Crippen molar-refractivity contribution in [2.24, 2.45) is 0 Å². The molecule has 26 heavy (non-hydrogen) atoms. The van der Waals surface area contributed by atoms with Gasteiger partial charge in [-0.2, -0.15) is 16.5 Å². The van der Waals surface area contributed by atoms with Crippen molar-refractivity contribution in [3.8, 4) is 0 Å². The van der Waals surface area contributed by atoms with Crippen LogP contribution >= 0.6 is 23.4 Å². The molecule has 2 aromatic rings. The lowest BCUT2D eigenvalue weighted by molar-refractivity contribution is -0.117. The summed E-state index contributed by atoms with van der Waals surface area (Å²) in [5.41, 5.74) is 0.287. The first-order chi connectivity index (χ1) is 12.3. The summed E-state index contributed by atoms with van der Waals surface area (Å²) in [4.78, 5) is 12.6. The molecule has 0 aliphatic heterocycles. The zero-order valence-corrected chi connectivity index (χ0v) is 16.3. The summed E-state index contributed by atoms with van der Waals surface area (Å²) in [6.45, 7) is 0. The largest absolute Gasteiger partial charge is 0.325 e. The Bertz CT molecular complexity index is 864. The third kappa shape index (κ3) is 5.70. The molecule has 2 rings (SSSR count). The van der Waals surface area contributed by atoms with Crippen molar-refractivity contribution in [1.82, 2.24) is 4.72 Å². The van der Waals surface area contributed by atoms with E-state index in [0.717, 1.165) is 6.07 Å². The molecule has 0 aliphatic carbocycles. The molecule has 1 unspecified atom stereocenters. The molecule has 0 spiro atoms. The van der Waals surface area contributed by atoms with E-state index in [0.29, 0.717) is 12.2 Å². The predicted molar refractivity (Wildman–Crippen MR) is 104 cm³/mol. The molecule has 140 valence electrons. The molecule has 0 saturated heterocycles. The van der Waals surface area contributed by atoms with Crippen molar-refractivity contribution < 1.29 is 17.6 Å². The minimum atomic E-state index is -3.85. The number of amides is 1. The summed E-state index contributed by atoms with van der Waals surface area (Å²) >= 11 is 7.20. The van der Waals surface area contributed by atoms with Crippen LogP contribution < -0.4 is 10.0 Å². The molecule has 0 saturated carbocycles. The molecule has 0 bridgehead atoms. The number of nitrogens with one attached hydrogen (secondary N) is 2. The second kappa shape index (κ2) is 9.36. The Hall–Kier alpha value is -1.61. The van der Waals surface area contributed by atoms with E-state index in [9.17, 15) is 17.6 Å². The summed E-state index contributed by atoms with van der Waals surface area (Å²) in [6.07, 6.45) is 2.16. The molecule has 5 nitrogen and oxygen atoms in total. The summed E-state index contributed by atoms with van der Waals surface area (Å²) in [5, 5.41) is 2.44. The van der Waals surface area contributed by atoms with Gasteiger partial charge in [0.1, 0.15) is 11.9 Å². The molecule has 0 heterocycles. The molecule has 0 radical (unpaired) electrons. The average Bonchev–Trinajstić information content (AvgIpc) is 2.62. The van der Waals surface area contributed by atoms with Gasteiger partial charge in [-0.15, -0.1) is 0 Å². The van der Waals surface area contributed by atoms with Gasteiger partial charge in [0.2, 0.25) is 15.9 Å². The fourth-order valence-corrected chi connectivity index (χ4v) is 4.04. The molecule has 1 amide bonds. The number of anilines is 1. The highest BCUT2D eigenvalue weighted by atomic mass is 35.5. The maximum absolute atomic E-state index is 13.2. The molecule has 0 aliphatic rings. The Kier molecular flexibility index (Phi) is 7.45. The van der Waals surface area contributed by atoms with E-state index in [4.69, 9.17) is 11.6 Å². The molecule has 9 heteroatoms. The number of carbonyl (C=O) groups is 1. The van der Waals surface area contributed by atoms with Crippen LogP contribution in [0.1, 0.15) is 6.42 Å². The summed E-state index contributed by atoms with van der Waals surface area (Å²) in [6, 6.07) is 10.6.